The Morgan fingerprint density at radius 1 is 1.24 bits per heavy atom. The van der Waals surface area contributed by atoms with Gasteiger partial charge in [0.05, 0.1) is 24.4 Å². The number of nitrogens with one attached hydrogen (secondary N) is 1. The summed E-state index contributed by atoms with van der Waals surface area (Å²) in [6, 6.07) is 11.4. The fraction of sp³-hybridized carbons (Fsp3) is 0.550. The molecule has 1 saturated heterocycles. The van der Waals surface area contributed by atoms with Gasteiger partial charge in [-0.05, 0) is 43.0 Å². The number of morpholine rings is 1. The van der Waals surface area contributed by atoms with E-state index in [1.54, 1.807) is 0 Å². The van der Waals surface area contributed by atoms with Crippen molar-refractivity contribution in [3.63, 3.8) is 0 Å². The predicted molar refractivity (Wildman–Crippen MR) is 98.4 cm³/mol. The summed E-state index contributed by atoms with van der Waals surface area (Å²) in [5.41, 5.74) is 4.08. The lowest BCUT2D eigenvalue weighted by molar-refractivity contribution is -0.0638. The minimum atomic E-state index is 0.140. The predicted octanol–water partition coefficient (Wildman–Crippen LogP) is 2.46. The first-order valence-electron chi connectivity index (χ1n) is 9.31. The Kier molecular flexibility index (Phi) is 4.88. The third-order valence-corrected chi connectivity index (χ3v) is 5.44. The standard InChI is InChI=1S/C20H28N4O/c1-23-10-11-25-19(20(23)18-8-9-22-24(18)2)14-21-13-15-4-3-5-17(12-15)16-6-7-16/h3-5,8-9,12,16,19-21H,6-7,10-11,13-14H2,1-2H3/t19-,20-/m0/s1. The molecule has 1 aliphatic carbocycles. The second-order valence-electron chi connectivity index (χ2n) is 7.36. The smallest absolute Gasteiger partial charge is 0.0911 e. The highest BCUT2D eigenvalue weighted by atomic mass is 16.5. The number of aromatic nitrogens is 2. The van der Waals surface area contributed by atoms with Gasteiger partial charge >= 0.3 is 0 Å². The lowest BCUT2D eigenvalue weighted by Gasteiger charge is -2.39. The average molecular weight is 340 g/mol. The van der Waals surface area contributed by atoms with Crippen LogP contribution in [0.25, 0.3) is 0 Å². The molecule has 5 heteroatoms. The molecule has 2 heterocycles. The molecule has 2 atom stereocenters. The highest BCUT2D eigenvalue weighted by Gasteiger charge is 2.33. The molecular formula is C20H28N4O. The maximum absolute atomic E-state index is 6.10. The van der Waals surface area contributed by atoms with E-state index >= 15 is 0 Å². The van der Waals surface area contributed by atoms with Gasteiger partial charge in [-0.25, -0.2) is 0 Å². The van der Waals surface area contributed by atoms with Crippen LogP contribution in [0.5, 0.6) is 0 Å². The van der Waals surface area contributed by atoms with Gasteiger partial charge in [-0.15, -0.1) is 0 Å². The summed E-state index contributed by atoms with van der Waals surface area (Å²) < 4.78 is 8.06. The van der Waals surface area contributed by atoms with Crippen molar-refractivity contribution in [2.75, 3.05) is 26.7 Å². The Hall–Kier alpha value is -1.69. The van der Waals surface area contributed by atoms with Crippen LogP contribution in [0.3, 0.4) is 0 Å². The molecule has 1 aromatic heterocycles. The number of rotatable bonds is 6. The van der Waals surface area contributed by atoms with Crippen LogP contribution in [0.4, 0.5) is 0 Å². The fourth-order valence-corrected chi connectivity index (χ4v) is 3.86. The van der Waals surface area contributed by atoms with Crippen LogP contribution in [0.2, 0.25) is 0 Å². The van der Waals surface area contributed by atoms with Crippen molar-refractivity contribution >= 4 is 0 Å². The molecule has 1 aromatic carbocycles. The highest BCUT2D eigenvalue weighted by molar-refractivity contribution is 5.29. The summed E-state index contributed by atoms with van der Waals surface area (Å²) >= 11 is 0. The SMILES string of the molecule is CN1CCO[C@@H](CNCc2cccc(C3CC3)c2)[C@@H]1c1ccnn1C. The zero-order chi connectivity index (χ0) is 17.2. The lowest BCUT2D eigenvalue weighted by atomic mass is 10.0. The second kappa shape index (κ2) is 7.28. The molecule has 0 spiro atoms. The molecule has 0 radical (unpaired) electrons. The number of ether oxygens (including phenoxy) is 1. The molecule has 1 N–H and O–H groups in total. The normalized spacial score (nSPS) is 24.6. The third-order valence-electron chi connectivity index (χ3n) is 5.44. The van der Waals surface area contributed by atoms with Gasteiger partial charge in [0.15, 0.2) is 0 Å². The van der Waals surface area contributed by atoms with E-state index in [9.17, 15) is 0 Å². The van der Waals surface area contributed by atoms with Crippen LogP contribution < -0.4 is 5.32 Å². The first kappa shape index (κ1) is 16.8. The van der Waals surface area contributed by atoms with E-state index in [0.29, 0.717) is 0 Å². The van der Waals surface area contributed by atoms with Crippen molar-refractivity contribution in [3.8, 4) is 0 Å². The first-order chi connectivity index (χ1) is 12.2. The van der Waals surface area contributed by atoms with Crippen LogP contribution in [0.1, 0.15) is 41.6 Å². The highest BCUT2D eigenvalue weighted by Crippen LogP contribution is 2.40. The van der Waals surface area contributed by atoms with E-state index in [4.69, 9.17) is 4.74 Å². The maximum atomic E-state index is 6.10. The van der Waals surface area contributed by atoms with Crippen molar-refractivity contribution in [3.05, 3.63) is 53.3 Å². The van der Waals surface area contributed by atoms with E-state index in [0.717, 1.165) is 32.2 Å². The van der Waals surface area contributed by atoms with E-state index in [1.807, 2.05) is 17.9 Å². The molecule has 0 amide bonds. The molecule has 4 rings (SSSR count). The summed E-state index contributed by atoms with van der Waals surface area (Å²) in [5.74, 6) is 0.810. The van der Waals surface area contributed by atoms with Gasteiger partial charge < -0.3 is 10.1 Å². The molecule has 2 fully saturated rings. The molecule has 1 saturated carbocycles. The topological polar surface area (TPSA) is 42.3 Å². The third kappa shape index (κ3) is 3.78. The van der Waals surface area contributed by atoms with Gasteiger partial charge in [-0.2, -0.15) is 5.10 Å². The molecular weight excluding hydrogens is 312 g/mol. The first-order valence-corrected chi connectivity index (χ1v) is 9.31. The molecule has 5 nitrogen and oxygen atoms in total. The summed E-state index contributed by atoms with van der Waals surface area (Å²) in [4.78, 5) is 2.38. The van der Waals surface area contributed by atoms with Gasteiger partial charge in [0, 0.05) is 32.9 Å². The zero-order valence-corrected chi connectivity index (χ0v) is 15.2. The van der Waals surface area contributed by atoms with Gasteiger partial charge in [0.1, 0.15) is 0 Å². The van der Waals surface area contributed by atoms with Gasteiger partial charge in [-0.1, -0.05) is 24.3 Å². The maximum Gasteiger partial charge on any atom is 0.0911 e. The molecule has 2 aromatic rings. The molecule has 0 bridgehead atoms. The summed E-state index contributed by atoms with van der Waals surface area (Å²) in [7, 11) is 4.18. The van der Waals surface area contributed by atoms with Gasteiger partial charge in [0.25, 0.3) is 0 Å². The van der Waals surface area contributed by atoms with Gasteiger partial charge in [0.2, 0.25) is 0 Å². The zero-order valence-electron chi connectivity index (χ0n) is 15.2. The van der Waals surface area contributed by atoms with Crippen LogP contribution >= 0.6 is 0 Å². The molecule has 0 unspecified atom stereocenters. The van der Waals surface area contributed by atoms with Crippen molar-refractivity contribution in [2.24, 2.45) is 7.05 Å². The van der Waals surface area contributed by atoms with Crippen LogP contribution in [-0.4, -0.2) is 47.5 Å². The second-order valence-corrected chi connectivity index (χ2v) is 7.36. The van der Waals surface area contributed by atoms with Gasteiger partial charge in [-0.3, -0.25) is 9.58 Å². The van der Waals surface area contributed by atoms with E-state index in [-0.39, 0.29) is 12.1 Å². The summed E-state index contributed by atoms with van der Waals surface area (Å²) in [5, 5.41) is 7.94. The Bertz CT molecular complexity index is 709. The quantitative estimate of drug-likeness (QED) is 0.877. The Morgan fingerprint density at radius 2 is 2.12 bits per heavy atom. The number of benzene rings is 1. The molecule has 134 valence electrons. The van der Waals surface area contributed by atoms with Crippen molar-refractivity contribution in [1.82, 2.24) is 20.0 Å². The molecule has 25 heavy (non-hydrogen) atoms. The minimum Gasteiger partial charge on any atom is -0.374 e. The average Bonchev–Trinajstić information content (AvgIpc) is 3.38. The van der Waals surface area contributed by atoms with Crippen molar-refractivity contribution < 1.29 is 4.74 Å². The Balaban J connectivity index is 1.39. The van der Waals surface area contributed by atoms with Crippen molar-refractivity contribution in [2.45, 2.75) is 37.5 Å². The van der Waals surface area contributed by atoms with Crippen molar-refractivity contribution in [1.29, 1.82) is 0 Å². The number of aryl methyl sites for hydroxylation is 1. The number of hydrogen-bond acceptors (Lipinski definition) is 4. The number of likely N-dealkylation sites (N-methyl/N-ethyl adjacent to an activating group) is 1. The van der Waals surface area contributed by atoms with Crippen LogP contribution in [-0.2, 0) is 18.3 Å². The number of hydrogen-bond donors (Lipinski definition) is 1. The Morgan fingerprint density at radius 3 is 2.88 bits per heavy atom. The van der Waals surface area contributed by atoms with Crippen LogP contribution in [0, 0.1) is 0 Å². The monoisotopic (exact) mass is 340 g/mol. The molecule has 2 aliphatic rings. The van der Waals surface area contributed by atoms with Crippen LogP contribution in [0.15, 0.2) is 36.5 Å². The Labute approximate surface area is 150 Å². The largest absolute Gasteiger partial charge is 0.374 e. The minimum absolute atomic E-state index is 0.140. The lowest BCUT2D eigenvalue weighted by Crippen LogP contribution is -2.48. The van der Waals surface area contributed by atoms with E-state index in [2.05, 4.69) is 52.7 Å². The van der Waals surface area contributed by atoms with E-state index < -0.39 is 0 Å². The fourth-order valence-electron chi connectivity index (χ4n) is 3.86. The molecule has 1 aliphatic heterocycles. The number of nitrogens with zero attached hydrogens (tertiary/aromatic N) is 3. The van der Waals surface area contributed by atoms with E-state index in [1.165, 1.54) is 29.7 Å². The summed E-state index contributed by atoms with van der Waals surface area (Å²) in [6.45, 7) is 3.47. The summed E-state index contributed by atoms with van der Waals surface area (Å²) in [6.07, 6.45) is 4.71.